The highest BCUT2D eigenvalue weighted by atomic mass is 32.2. The van der Waals surface area contributed by atoms with Gasteiger partial charge in [-0.3, -0.25) is 4.79 Å². The number of hydrogen-bond donors (Lipinski definition) is 1. The standard InChI is InChI=1S/C14H19NO2S/c1-10(14(16)17)7-15(2)8-11-9-18-13-6-4-3-5-12(11)13/h3-6,10-11H,7-9H2,1-2H3,(H,16,17). The smallest absolute Gasteiger partial charge is 0.307 e. The number of thioether (sulfide) groups is 1. The summed E-state index contributed by atoms with van der Waals surface area (Å²) in [5, 5.41) is 8.92. The Kier molecular flexibility index (Phi) is 4.30. The molecule has 0 amide bonds. The number of carboxylic acids is 1. The van der Waals surface area contributed by atoms with Crippen LogP contribution < -0.4 is 0 Å². The molecule has 2 atom stereocenters. The number of rotatable bonds is 5. The van der Waals surface area contributed by atoms with Crippen LogP contribution in [0.5, 0.6) is 0 Å². The number of likely N-dealkylation sites (N-methyl/N-ethyl adjacent to an activating group) is 1. The maximum Gasteiger partial charge on any atom is 0.307 e. The van der Waals surface area contributed by atoms with Crippen molar-refractivity contribution in [3.05, 3.63) is 29.8 Å². The van der Waals surface area contributed by atoms with Crippen molar-refractivity contribution in [2.24, 2.45) is 5.92 Å². The monoisotopic (exact) mass is 265 g/mol. The third-order valence-electron chi connectivity index (χ3n) is 3.34. The molecular weight excluding hydrogens is 246 g/mol. The van der Waals surface area contributed by atoms with Crippen molar-refractivity contribution in [2.75, 3.05) is 25.9 Å². The van der Waals surface area contributed by atoms with Crippen LogP contribution in [0.25, 0.3) is 0 Å². The molecule has 1 heterocycles. The summed E-state index contributed by atoms with van der Waals surface area (Å²) in [6, 6.07) is 8.51. The molecule has 0 fully saturated rings. The predicted octanol–water partition coefficient (Wildman–Crippen LogP) is 2.53. The minimum absolute atomic E-state index is 0.306. The third-order valence-corrected chi connectivity index (χ3v) is 4.59. The summed E-state index contributed by atoms with van der Waals surface area (Å²) in [4.78, 5) is 14.3. The first-order chi connectivity index (χ1) is 8.58. The minimum Gasteiger partial charge on any atom is -0.481 e. The summed E-state index contributed by atoms with van der Waals surface area (Å²) < 4.78 is 0. The second kappa shape index (κ2) is 5.76. The summed E-state index contributed by atoms with van der Waals surface area (Å²) >= 11 is 1.90. The highest BCUT2D eigenvalue weighted by Crippen LogP contribution is 2.39. The van der Waals surface area contributed by atoms with Gasteiger partial charge in [-0.15, -0.1) is 11.8 Å². The lowest BCUT2D eigenvalue weighted by Crippen LogP contribution is -2.32. The van der Waals surface area contributed by atoms with Crippen LogP contribution in [-0.4, -0.2) is 41.9 Å². The van der Waals surface area contributed by atoms with Gasteiger partial charge in [0, 0.05) is 29.7 Å². The summed E-state index contributed by atoms with van der Waals surface area (Å²) in [6.07, 6.45) is 0. The van der Waals surface area contributed by atoms with Crippen LogP contribution in [0, 0.1) is 5.92 Å². The molecule has 0 spiro atoms. The molecule has 0 radical (unpaired) electrons. The van der Waals surface area contributed by atoms with Crippen LogP contribution in [0.1, 0.15) is 18.4 Å². The fourth-order valence-corrected chi connectivity index (χ4v) is 3.62. The Bertz CT molecular complexity index is 436. The molecule has 2 rings (SSSR count). The molecule has 1 aromatic rings. The van der Waals surface area contributed by atoms with Crippen molar-refractivity contribution in [3.8, 4) is 0 Å². The topological polar surface area (TPSA) is 40.5 Å². The number of benzene rings is 1. The number of aliphatic carboxylic acids is 1. The van der Waals surface area contributed by atoms with Gasteiger partial charge in [-0.2, -0.15) is 0 Å². The van der Waals surface area contributed by atoms with Crippen LogP contribution >= 0.6 is 11.8 Å². The maximum atomic E-state index is 10.8. The van der Waals surface area contributed by atoms with E-state index in [0.29, 0.717) is 12.5 Å². The molecule has 1 N–H and O–H groups in total. The van der Waals surface area contributed by atoms with Crippen molar-refractivity contribution in [3.63, 3.8) is 0 Å². The number of fused-ring (bicyclic) bond motifs is 1. The first-order valence-corrected chi connectivity index (χ1v) is 7.19. The molecule has 3 nitrogen and oxygen atoms in total. The minimum atomic E-state index is -0.719. The van der Waals surface area contributed by atoms with Crippen LogP contribution in [0.2, 0.25) is 0 Å². The lowest BCUT2D eigenvalue weighted by Gasteiger charge is -2.22. The van der Waals surface area contributed by atoms with Crippen molar-refractivity contribution < 1.29 is 9.90 Å². The second-order valence-corrected chi connectivity index (χ2v) is 6.07. The molecule has 1 aliphatic heterocycles. The molecule has 4 heteroatoms. The van der Waals surface area contributed by atoms with Gasteiger partial charge in [0.25, 0.3) is 0 Å². The lowest BCUT2D eigenvalue weighted by molar-refractivity contribution is -0.141. The van der Waals surface area contributed by atoms with Gasteiger partial charge >= 0.3 is 5.97 Å². The molecule has 1 aromatic carbocycles. The zero-order valence-corrected chi connectivity index (χ0v) is 11.6. The average Bonchev–Trinajstić information content (AvgIpc) is 2.72. The van der Waals surface area contributed by atoms with Gasteiger partial charge in [0.05, 0.1) is 5.92 Å². The Morgan fingerprint density at radius 2 is 2.28 bits per heavy atom. The highest BCUT2D eigenvalue weighted by Gasteiger charge is 2.24. The summed E-state index contributed by atoms with van der Waals surface area (Å²) in [5.41, 5.74) is 1.41. The molecule has 98 valence electrons. The maximum absolute atomic E-state index is 10.8. The Hall–Kier alpha value is -1.00. The number of nitrogens with zero attached hydrogens (tertiary/aromatic N) is 1. The zero-order valence-electron chi connectivity index (χ0n) is 10.8. The highest BCUT2D eigenvalue weighted by molar-refractivity contribution is 7.99. The SMILES string of the molecule is CC(CN(C)CC1CSc2ccccc21)C(=O)O. The van der Waals surface area contributed by atoms with E-state index in [1.807, 2.05) is 18.8 Å². The number of hydrogen-bond acceptors (Lipinski definition) is 3. The van der Waals surface area contributed by atoms with E-state index in [-0.39, 0.29) is 5.92 Å². The predicted molar refractivity (Wildman–Crippen MR) is 74.2 cm³/mol. The van der Waals surface area contributed by atoms with Gasteiger partial charge in [-0.25, -0.2) is 0 Å². The van der Waals surface area contributed by atoms with Gasteiger partial charge in [-0.05, 0) is 18.7 Å². The largest absolute Gasteiger partial charge is 0.481 e. The van der Waals surface area contributed by atoms with Crippen molar-refractivity contribution >= 4 is 17.7 Å². The first kappa shape index (κ1) is 13.4. The molecule has 18 heavy (non-hydrogen) atoms. The van der Waals surface area contributed by atoms with Crippen molar-refractivity contribution in [2.45, 2.75) is 17.7 Å². The zero-order chi connectivity index (χ0) is 13.1. The lowest BCUT2D eigenvalue weighted by atomic mass is 10.0. The summed E-state index contributed by atoms with van der Waals surface area (Å²) in [5.74, 6) is 0.602. The number of carbonyl (C=O) groups is 1. The molecule has 0 saturated heterocycles. The second-order valence-electron chi connectivity index (χ2n) is 5.01. The third kappa shape index (κ3) is 3.06. The van der Waals surface area contributed by atoms with E-state index in [1.54, 1.807) is 6.92 Å². The number of carboxylic acid groups (broad SMARTS) is 1. The van der Waals surface area contributed by atoms with Crippen LogP contribution in [0.15, 0.2) is 29.2 Å². The van der Waals surface area contributed by atoms with Crippen LogP contribution in [0.3, 0.4) is 0 Å². The molecule has 0 saturated carbocycles. The fourth-order valence-electron chi connectivity index (χ4n) is 2.38. The fraction of sp³-hybridized carbons (Fsp3) is 0.500. The van der Waals surface area contributed by atoms with Crippen LogP contribution in [0.4, 0.5) is 0 Å². The van der Waals surface area contributed by atoms with Gasteiger partial charge in [0.2, 0.25) is 0 Å². The first-order valence-electron chi connectivity index (χ1n) is 6.21. The molecule has 1 aliphatic rings. The Morgan fingerprint density at radius 3 is 3.00 bits per heavy atom. The van der Waals surface area contributed by atoms with E-state index in [4.69, 9.17) is 5.11 Å². The average molecular weight is 265 g/mol. The quantitative estimate of drug-likeness (QED) is 0.888. The van der Waals surface area contributed by atoms with E-state index in [2.05, 4.69) is 29.2 Å². The Balaban J connectivity index is 1.93. The Morgan fingerprint density at radius 1 is 1.56 bits per heavy atom. The van der Waals surface area contributed by atoms with E-state index in [0.717, 1.165) is 12.3 Å². The van der Waals surface area contributed by atoms with E-state index < -0.39 is 5.97 Å². The van der Waals surface area contributed by atoms with Gasteiger partial charge in [-0.1, -0.05) is 25.1 Å². The molecule has 0 aromatic heterocycles. The Labute approximate surface area is 112 Å². The van der Waals surface area contributed by atoms with Crippen molar-refractivity contribution in [1.82, 2.24) is 4.90 Å². The molecule has 0 bridgehead atoms. The van der Waals surface area contributed by atoms with Crippen LogP contribution in [-0.2, 0) is 4.79 Å². The molecular formula is C14H19NO2S. The van der Waals surface area contributed by atoms with Gasteiger partial charge < -0.3 is 10.0 Å². The van der Waals surface area contributed by atoms with E-state index in [9.17, 15) is 4.79 Å². The summed E-state index contributed by atoms with van der Waals surface area (Å²) in [7, 11) is 2.00. The summed E-state index contributed by atoms with van der Waals surface area (Å²) in [6.45, 7) is 3.30. The molecule has 0 aliphatic carbocycles. The van der Waals surface area contributed by atoms with E-state index in [1.165, 1.54) is 10.5 Å². The van der Waals surface area contributed by atoms with Gasteiger partial charge in [0.1, 0.15) is 0 Å². The molecule has 2 unspecified atom stereocenters. The normalized spacial score (nSPS) is 19.8. The van der Waals surface area contributed by atoms with Gasteiger partial charge in [0.15, 0.2) is 0 Å². The van der Waals surface area contributed by atoms with E-state index >= 15 is 0 Å². The van der Waals surface area contributed by atoms with Crippen molar-refractivity contribution in [1.29, 1.82) is 0 Å².